The third-order valence-corrected chi connectivity index (χ3v) is 4.60. The predicted molar refractivity (Wildman–Crippen MR) is 81.3 cm³/mol. The molecule has 0 unspecified atom stereocenters. The van der Waals surface area contributed by atoms with Crippen molar-refractivity contribution in [3.8, 4) is 0 Å². The van der Waals surface area contributed by atoms with E-state index in [0.29, 0.717) is 12.5 Å². The van der Waals surface area contributed by atoms with E-state index < -0.39 is 21.7 Å². The number of rotatable bonds is 6. The van der Waals surface area contributed by atoms with Crippen LogP contribution in [-0.4, -0.2) is 31.8 Å². The van der Waals surface area contributed by atoms with Crippen LogP contribution < -0.4 is 5.14 Å². The molecular formula is C15H21FN2O3S. The molecule has 0 spiro atoms. The molecule has 1 aromatic rings. The van der Waals surface area contributed by atoms with Crippen LogP contribution in [0.15, 0.2) is 23.1 Å². The Labute approximate surface area is 130 Å². The molecule has 0 heterocycles. The maximum atomic E-state index is 14.0. The standard InChI is InChI=1S/C15H21FN2O3S/c1-10(2)7-8-18(11-3-4-11)15(19)13-9-12(22(17,20)21)5-6-14(13)16/h5-6,9-11H,3-4,7-8H2,1-2H3,(H2,17,20,21). The molecule has 2 rings (SSSR count). The highest BCUT2D eigenvalue weighted by atomic mass is 32.2. The van der Waals surface area contributed by atoms with E-state index in [1.807, 2.05) is 0 Å². The van der Waals surface area contributed by atoms with Crippen molar-refractivity contribution >= 4 is 15.9 Å². The van der Waals surface area contributed by atoms with Crippen LogP contribution in [0.1, 0.15) is 43.5 Å². The van der Waals surface area contributed by atoms with E-state index in [9.17, 15) is 17.6 Å². The van der Waals surface area contributed by atoms with Gasteiger partial charge >= 0.3 is 0 Å². The number of amides is 1. The number of primary sulfonamides is 1. The van der Waals surface area contributed by atoms with Gasteiger partial charge in [0.05, 0.1) is 10.5 Å². The van der Waals surface area contributed by atoms with E-state index in [0.717, 1.165) is 37.5 Å². The Morgan fingerprint density at radius 1 is 1.41 bits per heavy atom. The summed E-state index contributed by atoms with van der Waals surface area (Å²) in [5, 5.41) is 5.05. The molecule has 122 valence electrons. The SMILES string of the molecule is CC(C)CCN(C(=O)c1cc(S(N)(=O)=O)ccc1F)C1CC1. The van der Waals surface area contributed by atoms with Crippen LogP contribution in [0.4, 0.5) is 4.39 Å². The molecule has 1 aliphatic carbocycles. The van der Waals surface area contributed by atoms with Crippen molar-refractivity contribution in [2.45, 2.75) is 44.0 Å². The Balaban J connectivity index is 2.30. The summed E-state index contributed by atoms with van der Waals surface area (Å²) < 4.78 is 36.7. The molecule has 0 atom stereocenters. The first kappa shape index (κ1) is 16.9. The fourth-order valence-electron chi connectivity index (χ4n) is 2.23. The lowest BCUT2D eigenvalue weighted by Crippen LogP contribution is -2.35. The van der Waals surface area contributed by atoms with Crippen molar-refractivity contribution < 1.29 is 17.6 Å². The minimum Gasteiger partial charge on any atom is -0.336 e. The molecule has 1 saturated carbocycles. The topological polar surface area (TPSA) is 80.5 Å². The van der Waals surface area contributed by atoms with Crippen LogP contribution in [0.2, 0.25) is 0 Å². The van der Waals surface area contributed by atoms with Gasteiger partial charge < -0.3 is 4.90 Å². The number of nitrogens with two attached hydrogens (primary N) is 1. The van der Waals surface area contributed by atoms with Crippen molar-refractivity contribution in [2.24, 2.45) is 11.1 Å². The smallest absolute Gasteiger partial charge is 0.257 e. The van der Waals surface area contributed by atoms with Gasteiger partial charge in [0.15, 0.2) is 0 Å². The summed E-state index contributed by atoms with van der Waals surface area (Å²) in [6.07, 6.45) is 2.62. The van der Waals surface area contributed by atoms with Crippen molar-refractivity contribution in [3.63, 3.8) is 0 Å². The van der Waals surface area contributed by atoms with E-state index in [-0.39, 0.29) is 16.5 Å². The first-order valence-electron chi connectivity index (χ1n) is 7.33. The zero-order valence-electron chi connectivity index (χ0n) is 12.8. The number of halogens is 1. The average Bonchev–Trinajstić information content (AvgIpc) is 3.22. The maximum absolute atomic E-state index is 14.0. The average molecular weight is 328 g/mol. The van der Waals surface area contributed by atoms with Crippen LogP contribution >= 0.6 is 0 Å². The molecule has 0 saturated heterocycles. The summed E-state index contributed by atoms with van der Waals surface area (Å²) in [5.74, 6) is -0.770. The number of carbonyl (C=O) groups excluding carboxylic acids is 1. The normalized spacial score (nSPS) is 15.1. The minimum absolute atomic E-state index is 0.129. The van der Waals surface area contributed by atoms with Crippen LogP contribution in [0.3, 0.4) is 0 Å². The van der Waals surface area contributed by atoms with Gasteiger partial charge in [0.2, 0.25) is 10.0 Å². The Kier molecular flexibility index (Phi) is 4.87. The number of hydrogen-bond donors (Lipinski definition) is 1. The second kappa shape index (κ2) is 6.34. The zero-order chi connectivity index (χ0) is 16.5. The molecule has 7 heteroatoms. The fraction of sp³-hybridized carbons (Fsp3) is 0.533. The zero-order valence-corrected chi connectivity index (χ0v) is 13.6. The summed E-state index contributed by atoms with van der Waals surface area (Å²) >= 11 is 0. The monoisotopic (exact) mass is 328 g/mol. The van der Waals surface area contributed by atoms with Gasteiger partial charge in [-0.3, -0.25) is 4.79 Å². The molecule has 0 bridgehead atoms. The third-order valence-electron chi connectivity index (χ3n) is 3.69. The summed E-state index contributed by atoms with van der Waals surface area (Å²) in [4.78, 5) is 14.0. The molecule has 1 aliphatic rings. The van der Waals surface area contributed by atoms with E-state index in [4.69, 9.17) is 5.14 Å². The highest BCUT2D eigenvalue weighted by molar-refractivity contribution is 7.89. The van der Waals surface area contributed by atoms with Crippen LogP contribution in [0.5, 0.6) is 0 Å². The largest absolute Gasteiger partial charge is 0.336 e. The predicted octanol–water partition coefficient (Wildman–Crippen LogP) is 2.12. The van der Waals surface area contributed by atoms with Gasteiger partial charge in [-0.15, -0.1) is 0 Å². The van der Waals surface area contributed by atoms with Crippen molar-refractivity contribution in [3.05, 3.63) is 29.6 Å². The second-order valence-electron chi connectivity index (χ2n) is 6.10. The Morgan fingerprint density at radius 2 is 2.05 bits per heavy atom. The molecule has 1 fully saturated rings. The van der Waals surface area contributed by atoms with E-state index >= 15 is 0 Å². The summed E-state index contributed by atoms with van der Waals surface area (Å²) in [6.45, 7) is 4.65. The van der Waals surface area contributed by atoms with Crippen LogP contribution in [-0.2, 0) is 10.0 Å². The lowest BCUT2D eigenvalue weighted by atomic mass is 10.1. The number of carbonyl (C=O) groups is 1. The first-order valence-corrected chi connectivity index (χ1v) is 8.88. The molecule has 0 radical (unpaired) electrons. The maximum Gasteiger partial charge on any atom is 0.257 e. The number of benzene rings is 1. The molecule has 0 aromatic heterocycles. The Morgan fingerprint density at radius 3 is 2.55 bits per heavy atom. The van der Waals surface area contributed by atoms with Gasteiger partial charge in [-0.05, 0) is 43.4 Å². The van der Waals surface area contributed by atoms with Gasteiger partial charge in [0.25, 0.3) is 5.91 Å². The Bertz CT molecular complexity index is 669. The van der Waals surface area contributed by atoms with E-state index in [2.05, 4.69) is 13.8 Å². The van der Waals surface area contributed by atoms with Gasteiger partial charge in [-0.2, -0.15) is 0 Å². The molecule has 1 amide bonds. The van der Waals surface area contributed by atoms with Crippen molar-refractivity contribution in [2.75, 3.05) is 6.54 Å². The van der Waals surface area contributed by atoms with Gasteiger partial charge in [-0.25, -0.2) is 17.9 Å². The van der Waals surface area contributed by atoms with Gasteiger partial charge in [0.1, 0.15) is 5.82 Å². The Hall–Kier alpha value is -1.47. The van der Waals surface area contributed by atoms with E-state index in [1.165, 1.54) is 0 Å². The number of nitrogens with zero attached hydrogens (tertiary/aromatic N) is 1. The highest BCUT2D eigenvalue weighted by Gasteiger charge is 2.34. The molecule has 0 aliphatic heterocycles. The number of sulfonamides is 1. The molecule has 22 heavy (non-hydrogen) atoms. The van der Waals surface area contributed by atoms with Crippen molar-refractivity contribution in [1.29, 1.82) is 0 Å². The first-order chi connectivity index (χ1) is 10.2. The van der Waals surface area contributed by atoms with Crippen LogP contribution in [0.25, 0.3) is 0 Å². The van der Waals surface area contributed by atoms with E-state index in [1.54, 1.807) is 4.90 Å². The van der Waals surface area contributed by atoms with Gasteiger partial charge in [0, 0.05) is 12.6 Å². The summed E-state index contributed by atoms with van der Waals surface area (Å²) in [5.41, 5.74) is -0.234. The minimum atomic E-state index is -3.97. The molecular weight excluding hydrogens is 307 g/mol. The second-order valence-corrected chi connectivity index (χ2v) is 7.66. The number of hydrogen-bond acceptors (Lipinski definition) is 3. The third kappa shape index (κ3) is 4.04. The molecule has 1 aromatic carbocycles. The summed E-state index contributed by atoms with van der Waals surface area (Å²) in [6, 6.07) is 3.19. The van der Waals surface area contributed by atoms with Crippen molar-refractivity contribution in [1.82, 2.24) is 4.90 Å². The molecule has 2 N–H and O–H groups in total. The lowest BCUT2D eigenvalue weighted by molar-refractivity contribution is 0.0730. The summed E-state index contributed by atoms with van der Waals surface area (Å²) in [7, 11) is -3.97. The lowest BCUT2D eigenvalue weighted by Gasteiger charge is -2.24. The van der Waals surface area contributed by atoms with Crippen LogP contribution in [0, 0.1) is 11.7 Å². The fourth-order valence-corrected chi connectivity index (χ4v) is 2.77. The highest BCUT2D eigenvalue weighted by Crippen LogP contribution is 2.29. The van der Waals surface area contributed by atoms with Gasteiger partial charge in [-0.1, -0.05) is 13.8 Å². The quantitative estimate of drug-likeness (QED) is 0.868. The molecule has 5 nitrogen and oxygen atoms in total.